The molecule has 5 atom stereocenters. The van der Waals surface area contributed by atoms with Crippen molar-refractivity contribution in [1.29, 1.82) is 0 Å². The van der Waals surface area contributed by atoms with Gasteiger partial charge in [0, 0.05) is 5.92 Å². The quantitative estimate of drug-likeness (QED) is 0.204. The molecule has 0 radical (unpaired) electrons. The Kier molecular flexibility index (Phi) is 14.1. The Morgan fingerprint density at radius 2 is 1.35 bits per heavy atom. The van der Waals surface area contributed by atoms with Gasteiger partial charge in [0.1, 0.15) is 12.1 Å². The summed E-state index contributed by atoms with van der Waals surface area (Å²) < 4.78 is 21.7. The molecule has 0 saturated heterocycles. The Morgan fingerprint density at radius 1 is 0.825 bits per heavy atom. The van der Waals surface area contributed by atoms with Gasteiger partial charge in [-0.3, -0.25) is 14.4 Å². The lowest BCUT2D eigenvalue weighted by molar-refractivity contribution is -0.142. The van der Waals surface area contributed by atoms with Crippen molar-refractivity contribution in [3.8, 4) is 11.5 Å². The van der Waals surface area contributed by atoms with Gasteiger partial charge in [0.15, 0.2) is 11.5 Å². The lowest BCUT2D eigenvalue weighted by Crippen LogP contribution is -2.38. The van der Waals surface area contributed by atoms with E-state index in [2.05, 4.69) is 0 Å². The summed E-state index contributed by atoms with van der Waals surface area (Å²) in [4.78, 5) is 49.5. The Labute approximate surface area is 237 Å². The highest BCUT2D eigenvalue weighted by atomic mass is 16.7. The van der Waals surface area contributed by atoms with Crippen LogP contribution in [0.1, 0.15) is 86.6 Å². The minimum atomic E-state index is -1.37. The average Bonchev–Trinajstić information content (AvgIpc) is 2.86. The van der Waals surface area contributed by atoms with Crippen molar-refractivity contribution >= 4 is 24.1 Å². The van der Waals surface area contributed by atoms with E-state index < -0.39 is 54.0 Å². The first-order valence-corrected chi connectivity index (χ1v) is 13.9. The van der Waals surface area contributed by atoms with E-state index in [1.165, 1.54) is 12.1 Å². The summed E-state index contributed by atoms with van der Waals surface area (Å²) in [5.41, 5.74) is 6.46. The number of nitrogens with two attached hydrogens (primary N) is 1. The topological polar surface area (TPSA) is 151 Å². The largest absolute Gasteiger partial charge is 0.508 e. The number of carboxylic acids is 1. The Balaban J connectivity index is 3.34. The lowest BCUT2D eigenvalue weighted by Gasteiger charge is -2.25. The third kappa shape index (κ3) is 11.2. The average molecular weight is 566 g/mol. The van der Waals surface area contributed by atoms with E-state index in [4.69, 9.17) is 24.7 Å². The van der Waals surface area contributed by atoms with E-state index in [1.54, 1.807) is 26.8 Å². The second kappa shape index (κ2) is 16.2. The van der Waals surface area contributed by atoms with Gasteiger partial charge in [-0.2, -0.15) is 0 Å². The van der Waals surface area contributed by atoms with Crippen molar-refractivity contribution < 1.29 is 43.2 Å². The minimum Gasteiger partial charge on any atom is -0.480 e. The molecule has 10 nitrogen and oxygen atoms in total. The van der Waals surface area contributed by atoms with Gasteiger partial charge in [-0.25, -0.2) is 4.79 Å². The number of ether oxygens (including phenoxy) is 4. The number of esters is 2. The predicted octanol–water partition coefficient (Wildman–Crippen LogP) is 5.56. The third-order valence-electron chi connectivity index (χ3n) is 7.08. The molecule has 0 aliphatic rings. The van der Waals surface area contributed by atoms with Crippen molar-refractivity contribution in [2.75, 3.05) is 6.61 Å². The Bertz CT molecular complexity index is 1000. The van der Waals surface area contributed by atoms with Crippen LogP contribution in [0.5, 0.6) is 11.5 Å². The fraction of sp³-hybridized carbons (Fsp3) is 0.667. The van der Waals surface area contributed by atoms with E-state index in [9.17, 15) is 24.3 Å². The van der Waals surface area contributed by atoms with Crippen LogP contribution in [-0.2, 0) is 23.9 Å². The molecule has 0 aliphatic carbocycles. The van der Waals surface area contributed by atoms with Crippen molar-refractivity contribution in [2.45, 2.75) is 93.2 Å². The number of hydrogen-bond donors (Lipinski definition) is 2. The molecule has 1 aromatic rings. The maximum atomic E-state index is 12.8. The summed E-state index contributed by atoms with van der Waals surface area (Å²) in [6.07, 6.45) is -0.862. The van der Waals surface area contributed by atoms with E-state index in [1.807, 2.05) is 41.5 Å². The van der Waals surface area contributed by atoms with Gasteiger partial charge in [-0.05, 0) is 55.2 Å². The summed E-state index contributed by atoms with van der Waals surface area (Å²) in [5.74, 6) is -3.60. The van der Waals surface area contributed by atoms with Gasteiger partial charge < -0.3 is 29.8 Å². The van der Waals surface area contributed by atoms with Crippen LogP contribution in [0, 0.1) is 29.6 Å². The van der Waals surface area contributed by atoms with Gasteiger partial charge in [0.25, 0.3) is 0 Å². The van der Waals surface area contributed by atoms with Crippen LogP contribution in [-0.4, -0.2) is 47.9 Å². The zero-order chi connectivity index (χ0) is 30.7. The van der Waals surface area contributed by atoms with E-state index in [0.717, 1.165) is 0 Å². The van der Waals surface area contributed by atoms with Crippen LogP contribution in [0.3, 0.4) is 0 Å². The monoisotopic (exact) mass is 565 g/mol. The fourth-order valence-corrected chi connectivity index (χ4v) is 3.51. The molecule has 0 aromatic heterocycles. The van der Waals surface area contributed by atoms with Crippen molar-refractivity contribution in [3.63, 3.8) is 0 Å². The summed E-state index contributed by atoms with van der Waals surface area (Å²) in [6, 6.07) is 3.10. The summed E-state index contributed by atoms with van der Waals surface area (Å²) in [5, 5.41) is 9.70. The molecule has 4 unspecified atom stereocenters. The molecule has 0 spiro atoms. The highest BCUT2D eigenvalue weighted by Gasteiger charge is 2.31. The standard InChI is InChI=1S/C30H47NO9/c1-16(2)12-13-37-30(36)38-19(7)14-23(26(31)27(32)33)22-10-11-24(39-28(34)20(8)17(3)4)25(15-22)40-29(35)21(9)18(5)6/h10-11,15-21,23,26H,12-14,31H2,1-9H3,(H,32,33)/t19?,20?,21?,23?,26-/m0/s1. The number of carbonyl (C=O) groups excluding carboxylic acids is 3. The number of carbonyl (C=O) groups is 4. The van der Waals surface area contributed by atoms with Gasteiger partial charge >= 0.3 is 24.1 Å². The zero-order valence-corrected chi connectivity index (χ0v) is 25.3. The molecule has 0 amide bonds. The highest BCUT2D eigenvalue weighted by molar-refractivity contribution is 5.79. The molecule has 226 valence electrons. The molecule has 0 aliphatic heterocycles. The summed E-state index contributed by atoms with van der Waals surface area (Å²) in [6.45, 7) is 16.8. The van der Waals surface area contributed by atoms with Crippen LogP contribution in [0.4, 0.5) is 4.79 Å². The van der Waals surface area contributed by atoms with Crippen LogP contribution in [0.25, 0.3) is 0 Å². The lowest BCUT2D eigenvalue weighted by atomic mass is 9.87. The smallest absolute Gasteiger partial charge is 0.480 e. The second-order valence-corrected chi connectivity index (χ2v) is 11.5. The third-order valence-corrected chi connectivity index (χ3v) is 7.08. The summed E-state index contributed by atoms with van der Waals surface area (Å²) in [7, 11) is 0. The molecule has 40 heavy (non-hydrogen) atoms. The SMILES string of the molecule is CC(C)CCOC(=O)OC(C)CC(c1ccc(OC(=O)C(C)C(C)C)c(OC(=O)C(C)C(C)C)c1)[C@H](N)C(=O)O. The van der Waals surface area contributed by atoms with Crippen molar-refractivity contribution in [1.82, 2.24) is 0 Å². The van der Waals surface area contributed by atoms with Gasteiger partial charge in [0.2, 0.25) is 0 Å². The molecular weight excluding hydrogens is 518 g/mol. The molecular formula is C30H47NO9. The van der Waals surface area contributed by atoms with E-state index in [-0.39, 0.29) is 36.4 Å². The van der Waals surface area contributed by atoms with Gasteiger partial charge in [-0.1, -0.05) is 61.5 Å². The maximum Gasteiger partial charge on any atom is 0.508 e. The number of carboxylic acid groups (broad SMARTS) is 1. The first-order chi connectivity index (χ1) is 18.5. The highest BCUT2D eigenvalue weighted by Crippen LogP contribution is 2.36. The zero-order valence-electron chi connectivity index (χ0n) is 25.3. The maximum absolute atomic E-state index is 12.8. The molecule has 0 heterocycles. The minimum absolute atomic E-state index is 0.00544. The second-order valence-electron chi connectivity index (χ2n) is 11.5. The normalized spacial score (nSPS) is 15.2. The molecule has 10 heteroatoms. The van der Waals surface area contributed by atoms with E-state index >= 15 is 0 Å². The van der Waals surface area contributed by atoms with Crippen LogP contribution >= 0.6 is 0 Å². The van der Waals surface area contributed by atoms with Crippen LogP contribution in [0.15, 0.2) is 18.2 Å². The molecule has 0 fully saturated rings. The number of rotatable bonds is 15. The van der Waals surface area contributed by atoms with Crippen LogP contribution < -0.4 is 15.2 Å². The first-order valence-electron chi connectivity index (χ1n) is 13.9. The number of benzene rings is 1. The molecule has 0 saturated carbocycles. The van der Waals surface area contributed by atoms with Gasteiger partial charge in [0.05, 0.1) is 18.4 Å². The van der Waals surface area contributed by atoms with E-state index in [0.29, 0.717) is 17.9 Å². The molecule has 1 aromatic carbocycles. The number of aliphatic carboxylic acids is 1. The predicted molar refractivity (Wildman–Crippen MR) is 150 cm³/mol. The summed E-state index contributed by atoms with van der Waals surface area (Å²) >= 11 is 0. The van der Waals surface area contributed by atoms with Crippen LogP contribution in [0.2, 0.25) is 0 Å². The first kappa shape index (κ1) is 34.9. The fourth-order valence-electron chi connectivity index (χ4n) is 3.51. The molecule has 1 rings (SSSR count). The molecule has 0 bridgehead atoms. The van der Waals surface area contributed by atoms with Crippen molar-refractivity contribution in [3.05, 3.63) is 23.8 Å². The van der Waals surface area contributed by atoms with Gasteiger partial charge in [-0.15, -0.1) is 0 Å². The van der Waals surface area contributed by atoms with Crippen molar-refractivity contribution in [2.24, 2.45) is 35.3 Å². The number of hydrogen-bond acceptors (Lipinski definition) is 9. The Morgan fingerprint density at radius 3 is 1.82 bits per heavy atom. The molecule has 3 N–H and O–H groups in total. The Hall–Kier alpha value is -3.14.